The Morgan fingerprint density at radius 1 is 1.00 bits per heavy atom. The number of fused-ring (bicyclic) bond motifs is 2. The number of rotatable bonds is 11. The van der Waals surface area contributed by atoms with Gasteiger partial charge in [0.15, 0.2) is 0 Å². The summed E-state index contributed by atoms with van der Waals surface area (Å²) in [4.78, 5) is 48.1. The van der Waals surface area contributed by atoms with E-state index in [1.54, 1.807) is 25.3 Å². The molecule has 1 fully saturated rings. The quantitative estimate of drug-likeness (QED) is 0.111. The molecule has 276 valence electrons. The number of nitrogens with zero attached hydrogens (tertiary/aromatic N) is 5. The van der Waals surface area contributed by atoms with E-state index >= 15 is 0 Å². The molecule has 0 spiro atoms. The lowest BCUT2D eigenvalue weighted by Crippen LogP contribution is -2.37. The Morgan fingerprint density at radius 2 is 1.74 bits per heavy atom. The van der Waals surface area contributed by atoms with Crippen molar-refractivity contribution in [2.45, 2.75) is 38.2 Å². The number of halogens is 4. The van der Waals surface area contributed by atoms with Crippen LogP contribution in [0.15, 0.2) is 58.1 Å². The van der Waals surface area contributed by atoms with Crippen LogP contribution in [-0.4, -0.2) is 57.2 Å². The third kappa shape index (κ3) is 6.66. The molecule has 2 atom stereocenters. The van der Waals surface area contributed by atoms with Crippen molar-refractivity contribution in [2.24, 2.45) is 20.0 Å². The number of benzene rings is 2. The lowest BCUT2D eigenvalue weighted by Gasteiger charge is -2.26. The average Bonchev–Trinajstić information content (AvgIpc) is 3.81. The Kier molecular flexibility index (Phi) is 10.2. The van der Waals surface area contributed by atoms with E-state index in [1.165, 1.54) is 14.1 Å². The molecule has 2 aromatic carbocycles. The lowest BCUT2D eigenvalue weighted by atomic mass is 9.99. The molecule has 7 rings (SSSR count). The zero-order valence-corrected chi connectivity index (χ0v) is 30.8. The maximum Gasteiger partial charge on any atom is 0.330 e. The number of aryl methyl sites for hydroxylation is 2. The summed E-state index contributed by atoms with van der Waals surface area (Å²) in [5.74, 6) is 0.916. The van der Waals surface area contributed by atoms with Gasteiger partial charge in [0.05, 0.1) is 34.1 Å². The maximum atomic E-state index is 14.0. The van der Waals surface area contributed by atoms with Gasteiger partial charge in [-0.15, -0.1) is 0 Å². The van der Waals surface area contributed by atoms with Gasteiger partial charge in [-0.05, 0) is 61.9 Å². The Balaban J connectivity index is 1.23. The summed E-state index contributed by atoms with van der Waals surface area (Å²) in [5.41, 5.74) is 3.05. The summed E-state index contributed by atoms with van der Waals surface area (Å²) >= 11 is 14.1. The molecule has 11 nitrogen and oxygen atoms in total. The molecular weight excluding hydrogens is 727 g/mol. The highest BCUT2D eigenvalue weighted by atomic mass is 35.5. The fraction of sp³-hybridized carbons (Fsp3) is 0.342. The number of hydrogen-bond donors (Lipinski definition) is 2. The molecule has 1 saturated heterocycles. The van der Waals surface area contributed by atoms with Gasteiger partial charge in [-0.1, -0.05) is 53.5 Å². The predicted molar refractivity (Wildman–Crippen MR) is 202 cm³/mol. The molecular formula is C38H37Cl2F2N7O4. The fourth-order valence-electron chi connectivity index (χ4n) is 7.68. The van der Waals surface area contributed by atoms with Crippen molar-refractivity contribution >= 4 is 52.0 Å². The van der Waals surface area contributed by atoms with Gasteiger partial charge >= 0.3 is 5.69 Å². The summed E-state index contributed by atoms with van der Waals surface area (Å²) in [6, 6.07) is 14.0. The average molecular weight is 765 g/mol. The van der Waals surface area contributed by atoms with Crippen molar-refractivity contribution in [3.8, 4) is 28.3 Å². The van der Waals surface area contributed by atoms with Gasteiger partial charge in [-0.25, -0.2) is 23.5 Å². The van der Waals surface area contributed by atoms with E-state index in [-0.39, 0.29) is 33.5 Å². The number of likely N-dealkylation sites (tertiary alicyclic amines) is 1. The number of carbonyl (C=O) groups is 1. The van der Waals surface area contributed by atoms with Gasteiger partial charge in [0.1, 0.15) is 16.9 Å². The van der Waals surface area contributed by atoms with E-state index in [1.807, 2.05) is 18.2 Å². The number of carbonyl (C=O) groups excluding carboxylic acids is 1. The van der Waals surface area contributed by atoms with E-state index in [2.05, 4.69) is 26.6 Å². The molecule has 1 amide bonds. The molecule has 2 unspecified atom stereocenters. The van der Waals surface area contributed by atoms with E-state index in [4.69, 9.17) is 32.9 Å². The molecule has 53 heavy (non-hydrogen) atoms. The minimum atomic E-state index is -2.96. The van der Waals surface area contributed by atoms with E-state index in [9.17, 15) is 23.2 Å². The number of aromatic nitrogens is 4. The highest BCUT2D eigenvalue weighted by molar-refractivity contribution is 6.39. The number of ether oxygens (including phenoxy) is 1. The Labute approximate surface area is 313 Å². The number of methoxy groups -OCH3 is 1. The Bertz CT molecular complexity index is 2370. The van der Waals surface area contributed by atoms with Crippen molar-refractivity contribution < 1.29 is 18.3 Å². The normalized spacial score (nSPS) is 17.1. The van der Waals surface area contributed by atoms with Gasteiger partial charge in [0, 0.05) is 55.5 Å². The van der Waals surface area contributed by atoms with Crippen LogP contribution in [0.3, 0.4) is 0 Å². The molecule has 4 heterocycles. The minimum absolute atomic E-state index is 0.00535. The van der Waals surface area contributed by atoms with Crippen LogP contribution in [0.25, 0.3) is 33.3 Å². The van der Waals surface area contributed by atoms with Crippen LogP contribution in [0.5, 0.6) is 5.88 Å². The zero-order valence-electron chi connectivity index (χ0n) is 29.3. The molecule has 0 radical (unpaired) electrons. The van der Waals surface area contributed by atoms with Crippen molar-refractivity contribution in [2.75, 3.05) is 32.1 Å². The number of pyridine rings is 2. The third-order valence-electron chi connectivity index (χ3n) is 10.4. The zero-order chi connectivity index (χ0) is 37.6. The molecule has 15 heteroatoms. The number of anilines is 2. The second kappa shape index (κ2) is 14.9. The lowest BCUT2D eigenvalue weighted by molar-refractivity contribution is -0.109. The molecule has 5 aromatic rings. The van der Waals surface area contributed by atoms with Gasteiger partial charge in [-0.2, -0.15) is 0 Å². The molecule has 0 bridgehead atoms. The number of amides is 1. The summed E-state index contributed by atoms with van der Waals surface area (Å²) in [6.45, 7) is 2.61. The fourth-order valence-corrected chi connectivity index (χ4v) is 8.28. The van der Waals surface area contributed by atoms with Crippen molar-refractivity contribution in [3.05, 3.63) is 96.2 Å². The van der Waals surface area contributed by atoms with Crippen LogP contribution in [-0.2, 0) is 25.3 Å². The predicted octanol–water partition coefficient (Wildman–Crippen LogP) is 6.80. The topological polar surface area (TPSA) is 123 Å². The summed E-state index contributed by atoms with van der Waals surface area (Å²) in [6.07, 6.45) is 1.63. The molecule has 1 aliphatic carbocycles. The van der Waals surface area contributed by atoms with Gasteiger partial charge in [0.2, 0.25) is 12.3 Å². The van der Waals surface area contributed by atoms with Crippen LogP contribution < -0.4 is 26.6 Å². The standard InChI is InChI=1S/C38H37Cl2F2N7O4/c1-47-29-17-27(34(41)42)45-35(31(29)37(51)48(2)38(47)52)44-25-9-5-7-23(33(25)40)22-6-4-8-24(32(22)39)26-16-21-10-11-28(30(21)36(46-26)53-3)49-15-13-20(18-49)12-14-43-19-50/h4-9,16-17,19-20,28,34H,10-15,18H2,1-3H3,(H,43,50)(H,44,45). The maximum absolute atomic E-state index is 14.0. The molecule has 2 N–H and O–H groups in total. The van der Waals surface area contributed by atoms with Crippen LogP contribution in [0.1, 0.15) is 48.6 Å². The summed E-state index contributed by atoms with van der Waals surface area (Å²) in [7, 11) is 4.33. The van der Waals surface area contributed by atoms with E-state index in [0.717, 1.165) is 71.5 Å². The second-order valence-corrected chi connectivity index (χ2v) is 14.2. The minimum Gasteiger partial charge on any atom is -0.481 e. The van der Waals surface area contributed by atoms with E-state index < -0.39 is 23.4 Å². The summed E-state index contributed by atoms with van der Waals surface area (Å²) < 4.78 is 35.8. The number of alkyl halides is 2. The van der Waals surface area contributed by atoms with Gasteiger partial charge in [0.25, 0.3) is 12.0 Å². The first-order chi connectivity index (χ1) is 25.5. The van der Waals surface area contributed by atoms with Gasteiger partial charge < -0.3 is 15.4 Å². The monoisotopic (exact) mass is 763 g/mol. The van der Waals surface area contributed by atoms with Gasteiger partial charge in [-0.3, -0.25) is 23.6 Å². The van der Waals surface area contributed by atoms with Crippen LogP contribution >= 0.6 is 23.2 Å². The Morgan fingerprint density at radius 3 is 2.47 bits per heavy atom. The van der Waals surface area contributed by atoms with E-state index in [0.29, 0.717) is 45.7 Å². The smallest absolute Gasteiger partial charge is 0.330 e. The molecule has 1 aliphatic heterocycles. The van der Waals surface area contributed by atoms with Crippen LogP contribution in [0.4, 0.5) is 20.3 Å². The van der Waals surface area contributed by atoms with Crippen molar-refractivity contribution in [1.82, 2.24) is 29.3 Å². The molecule has 0 saturated carbocycles. The number of hydrogen-bond acceptors (Lipinski definition) is 8. The Hall–Kier alpha value is -4.85. The third-order valence-corrected chi connectivity index (χ3v) is 11.2. The first-order valence-corrected chi connectivity index (χ1v) is 18.0. The molecule has 2 aliphatic rings. The second-order valence-electron chi connectivity index (χ2n) is 13.4. The van der Waals surface area contributed by atoms with Crippen molar-refractivity contribution in [3.63, 3.8) is 0 Å². The summed E-state index contributed by atoms with van der Waals surface area (Å²) in [5, 5.41) is 6.32. The molecule has 3 aromatic heterocycles. The SMILES string of the molecule is COc1nc(-c2cccc(-c3cccc(Nc4nc(C(F)F)cc5c4c(=O)n(C)c(=O)n5C)c3Cl)c2Cl)cc2c1C(N1CCC(CCNC=O)C1)CC2. The highest BCUT2D eigenvalue weighted by Crippen LogP contribution is 2.46. The van der Waals surface area contributed by atoms with Crippen LogP contribution in [0.2, 0.25) is 10.0 Å². The first-order valence-electron chi connectivity index (χ1n) is 17.2. The highest BCUT2D eigenvalue weighted by Gasteiger charge is 2.36. The van der Waals surface area contributed by atoms with Crippen LogP contribution in [0, 0.1) is 5.92 Å². The van der Waals surface area contributed by atoms with Crippen molar-refractivity contribution in [1.29, 1.82) is 0 Å². The number of nitrogens with one attached hydrogen (secondary N) is 2. The first kappa shape index (κ1) is 36.5. The largest absolute Gasteiger partial charge is 0.481 e.